The summed E-state index contributed by atoms with van der Waals surface area (Å²) in [4.78, 5) is 6.48. The van der Waals surface area contributed by atoms with Gasteiger partial charge in [0, 0.05) is 24.7 Å². The molecule has 0 amide bonds. The molecule has 2 aromatic carbocycles. The monoisotopic (exact) mass is 395 g/mol. The number of rotatable bonds is 8. The Morgan fingerprint density at radius 2 is 1.41 bits per heavy atom. The predicted molar refractivity (Wildman–Crippen MR) is 113 cm³/mol. The smallest absolute Gasteiger partial charge is 0.141 e. The lowest BCUT2D eigenvalue weighted by Crippen LogP contribution is -2.26. The fourth-order valence-corrected chi connectivity index (χ4v) is 3.16. The molecular formula is C23H26FN3O2. The number of hydrogen-bond acceptors (Lipinski definition) is 5. The first-order valence-electron chi connectivity index (χ1n) is 9.42. The molecule has 152 valence electrons. The number of nitrogens with zero attached hydrogens (tertiary/aromatic N) is 2. The molecule has 0 unspecified atom stereocenters. The van der Waals surface area contributed by atoms with Gasteiger partial charge in [-0.1, -0.05) is 24.3 Å². The van der Waals surface area contributed by atoms with E-state index in [2.05, 4.69) is 9.88 Å². The van der Waals surface area contributed by atoms with Gasteiger partial charge >= 0.3 is 0 Å². The van der Waals surface area contributed by atoms with Gasteiger partial charge in [0.25, 0.3) is 0 Å². The van der Waals surface area contributed by atoms with E-state index in [0.29, 0.717) is 24.5 Å². The number of anilines is 1. The Hall–Kier alpha value is -3.12. The molecule has 0 radical (unpaired) electrons. The highest BCUT2D eigenvalue weighted by atomic mass is 19.1. The van der Waals surface area contributed by atoms with Crippen LogP contribution in [0.5, 0.6) is 11.5 Å². The number of hydrogen-bond donors (Lipinski definition) is 1. The normalized spacial score (nSPS) is 11.8. The van der Waals surface area contributed by atoms with E-state index >= 15 is 0 Å². The minimum atomic E-state index is -0.394. The van der Waals surface area contributed by atoms with Crippen LogP contribution in [-0.2, 0) is 13.1 Å². The van der Waals surface area contributed by atoms with E-state index in [1.54, 1.807) is 14.2 Å². The third-order valence-electron chi connectivity index (χ3n) is 4.72. The quantitative estimate of drug-likeness (QED) is 0.610. The Morgan fingerprint density at radius 3 is 1.83 bits per heavy atom. The van der Waals surface area contributed by atoms with E-state index in [1.165, 1.54) is 12.3 Å². The van der Waals surface area contributed by atoms with Gasteiger partial charge in [-0.05, 0) is 48.4 Å². The first kappa shape index (κ1) is 20.6. The second-order valence-electron chi connectivity index (χ2n) is 6.91. The summed E-state index contributed by atoms with van der Waals surface area (Å²) in [5, 5.41) is 0. The summed E-state index contributed by atoms with van der Waals surface area (Å²) >= 11 is 0. The van der Waals surface area contributed by atoms with Gasteiger partial charge in [-0.3, -0.25) is 0 Å². The number of pyridine rings is 1. The minimum absolute atomic E-state index is 0.345. The first-order valence-corrected chi connectivity index (χ1v) is 9.42. The molecule has 1 heterocycles. The standard InChI is InChI=1S/C23H26FN3O2/c1-16(25)22-12-19(24)13-26-23(22)27(14-17-4-8-20(28-2)9-5-17)15-18-6-10-21(29-3)11-7-18/h4-13,16H,14-15,25H2,1-3H3/t16-/m1/s1. The van der Waals surface area contributed by atoms with E-state index in [9.17, 15) is 4.39 Å². The molecule has 0 fully saturated rings. The molecule has 0 aliphatic heterocycles. The van der Waals surface area contributed by atoms with Gasteiger partial charge in [-0.25, -0.2) is 9.37 Å². The number of benzene rings is 2. The number of halogens is 1. The Morgan fingerprint density at radius 1 is 0.931 bits per heavy atom. The van der Waals surface area contributed by atoms with Crippen LogP contribution in [0.15, 0.2) is 60.8 Å². The zero-order chi connectivity index (χ0) is 20.8. The van der Waals surface area contributed by atoms with Crippen LogP contribution in [0.2, 0.25) is 0 Å². The van der Waals surface area contributed by atoms with Crippen LogP contribution in [0, 0.1) is 5.82 Å². The highest BCUT2D eigenvalue weighted by molar-refractivity contribution is 5.50. The maximum atomic E-state index is 13.8. The van der Waals surface area contributed by atoms with Crippen molar-refractivity contribution in [2.24, 2.45) is 5.73 Å². The van der Waals surface area contributed by atoms with Crippen molar-refractivity contribution in [2.75, 3.05) is 19.1 Å². The van der Waals surface area contributed by atoms with E-state index < -0.39 is 5.82 Å². The molecule has 0 spiro atoms. The predicted octanol–water partition coefficient (Wildman–Crippen LogP) is 4.46. The van der Waals surface area contributed by atoms with Crippen LogP contribution in [0.3, 0.4) is 0 Å². The molecule has 0 bridgehead atoms. The van der Waals surface area contributed by atoms with Crippen molar-refractivity contribution in [3.05, 3.63) is 83.3 Å². The third kappa shape index (κ3) is 5.23. The maximum absolute atomic E-state index is 13.8. The van der Waals surface area contributed by atoms with Gasteiger partial charge in [-0.15, -0.1) is 0 Å². The average molecular weight is 395 g/mol. The van der Waals surface area contributed by atoms with Crippen molar-refractivity contribution in [3.63, 3.8) is 0 Å². The Labute approximate surface area is 170 Å². The van der Waals surface area contributed by atoms with Gasteiger partial charge in [0.2, 0.25) is 0 Å². The van der Waals surface area contributed by atoms with Crippen LogP contribution in [0.1, 0.15) is 29.7 Å². The summed E-state index contributed by atoms with van der Waals surface area (Å²) in [5.41, 5.74) is 8.96. The van der Waals surface area contributed by atoms with E-state index in [1.807, 2.05) is 55.5 Å². The first-order chi connectivity index (χ1) is 14.0. The summed E-state index contributed by atoms with van der Waals surface area (Å²) < 4.78 is 24.3. The highest BCUT2D eigenvalue weighted by Gasteiger charge is 2.18. The fourth-order valence-electron chi connectivity index (χ4n) is 3.16. The lowest BCUT2D eigenvalue weighted by atomic mass is 10.1. The van der Waals surface area contributed by atoms with E-state index in [0.717, 1.165) is 22.6 Å². The highest BCUT2D eigenvalue weighted by Crippen LogP contribution is 2.27. The minimum Gasteiger partial charge on any atom is -0.497 e. The zero-order valence-corrected chi connectivity index (χ0v) is 16.9. The van der Waals surface area contributed by atoms with Crippen LogP contribution >= 0.6 is 0 Å². The third-order valence-corrected chi connectivity index (χ3v) is 4.72. The van der Waals surface area contributed by atoms with Crippen LogP contribution in [0.25, 0.3) is 0 Å². The summed E-state index contributed by atoms with van der Waals surface area (Å²) in [6.07, 6.45) is 1.23. The van der Waals surface area contributed by atoms with Gasteiger partial charge < -0.3 is 20.1 Å². The maximum Gasteiger partial charge on any atom is 0.141 e. The van der Waals surface area contributed by atoms with Crippen molar-refractivity contribution in [2.45, 2.75) is 26.1 Å². The van der Waals surface area contributed by atoms with Crippen molar-refractivity contribution >= 4 is 5.82 Å². The molecule has 6 heteroatoms. The van der Waals surface area contributed by atoms with Gasteiger partial charge in [0.1, 0.15) is 23.1 Å². The number of aromatic nitrogens is 1. The second kappa shape index (κ2) is 9.39. The topological polar surface area (TPSA) is 60.6 Å². The molecule has 2 N–H and O–H groups in total. The molecule has 29 heavy (non-hydrogen) atoms. The van der Waals surface area contributed by atoms with Crippen molar-refractivity contribution in [1.82, 2.24) is 4.98 Å². The molecule has 1 aromatic heterocycles. The molecule has 1 atom stereocenters. The molecule has 0 aliphatic rings. The molecule has 3 aromatic rings. The SMILES string of the molecule is COc1ccc(CN(Cc2ccc(OC)cc2)c2ncc(F)cc2[C@@H](C)N)cc1. The summed E-state index contributed by atoms with van der Waals surface area (Å²) in [7, 11) is 3.28. The molecule has 3 rings (SSSR count). The van der Waals surface area contributed by atoms with Crippen molar-refractivity contribution in [1.29, 1.82) is 0 Å². The van der Waals surface area contributed by atoms with Gasteiger partial charge in [0.15, 0.2) is 0 Å². The summed E-state index contributed by atoms with van der Waals surface area (Å²) in [6, 6.07) is 16.8. The number of methoxy groups -OCH3 is 2. The molecule has 5 nitrogen and oxygen atoms in total. The molecule has 0 saturated carbocycles. The largest absolute Gasteiger partial charge is 0.497 e. The van der Waals surface area contributed by atoms with Gasteiger partial charge in [-0.2, -0.15) is 0 Å². The number of nitrogens with two attached hydrogens (primary N) is 1. The lowest BCUT2D eigenvalue weighted by molar-refractivity contribution is 0.414. The lowest BCUT2D eigenvalue weighted by Gasteiger charge is -2.27. The number of ether oxygens (including phenoxy) is 2. The van der Waals surface area contributed by atoms with E-state index in [4.69, 9.17) is 15.2 Å². The molecule has 0 aliphatic carbocycles. The summed E-state index contributed by atoms with van der Waals surface area (Å²) in [5.74, 6) is 1.88. The molecule has 0 saturated heterocycles. The van der Waals surface area contributed by atoms with Gasteiger partial charge in [0.05, 0.1) is 20.4 Å². The fraction of sp³-hybridized carbons (Fsp3) is 0.261. The Kier molecular flexibility index (Phi) is 6.67. The van der Waals surface area contributed by atoms with E-state index in [-0.39, 0.29) is 6.04 Å². The second-order valence-corrected chi connectivity index (χ2v) is 6.91. The van der Waals surface area contributed by atoms with Crippen molar-refractivity contribution < 1.29 is 13.9 Å². The van der Waals surface area contributed by atoms with Crippen molar-refractivity contribution in [3.8, 4) is 11.5 Å². The molecular weight excluding hydrogens is 369 g/mol. The Bertz CT molecular complexity index is 878. The Balaban J connectivity index is 1.95. The van der Waals surface area contributed by atoms with Crippen LogP contribution in [0.4, 0.5) is 10.2 Å². The average Bonchev–Trinajstić information content (AvgIpc) is 2.74. The van der Waals surface area contributed by atoms with Crippen LogP contribution in [-0.4, -0.2) is 19.2 Å². The summed E-state index contributed by atoms with van der Waals surface area (Å²) in [6.45, 7) is 3.02. The zero-order valence-electron chi connectivity index (χ0n) is 16.9. The van der Waals surface area contributed by atoms with Crippen LogP contribution < -0.4 is 20.1 Å².